The molecule has 0 aliphatic rings. The maximum atomic E-state index is 11.6. The van der Waals surface area contributed by atoms with E-state index in [1.165, 1.54) is 12.3 Å². The van der Waals surface area contributed by atoms with Gasteiger partial charge in [-0.15, -0.1) is 0 Å². The van der Waals surface area contributed by atoms with Crippen molar-refractivity contribution in [3.8, 4) is 0 Å². The fourth-order valence-corrected chi connectivity index (χ4v) is 1.14. The van der Waals surface area contributed by atoms with E-state index < -0.39 is 5.97 Å². The van der Waals surface area contributed by atoms with Gasteiger partial charge in [0.15, 0.2) is 0 Å². The lowest BCUT2D eigenvalue weighted by atomic mass is 10.2. The highest BCUT2D eigenvalue weighted by Crippen LogP contribution is 2.06. The molecule has 0 saturated carbocycles. The standard InChI is InChI=1S/C11H16N2O3/c1-3-15-7-8(2)16-11(14)9-4-5-13-10(12)6-9/h4-6,8H,3,7H2,1-2H3,(H2,12,13). The fraction of sp³-hybridized carbons (Fsp3) is 0.455. The lowest BCUT2D eigenvalue weighted by Gasteiger charge is -2.12. The molecule has 1 atom stereocenters. The van der Waals surface area contributed by atoms with Crippen LogP contribution in [0.3, 0.4) is 0 Å². The summed E-state index contributed by atoms with van der Waals surface area (Å²) in [6.45, 7) is 4.66. The van der Waals surface area contributed by atoms with E-state index in [2.05, 4.69) is 4.98 Å². The second kappa shape index (κ2) is 6.07. The SMILES string of the molecule is CCOCC(C)OC(=O)c1ccnc(N)c1. The van der Waals surface area contributed by atoms with Gasteiger partial charge in [-0.05, 0) is 26.0 Å². The molecule has 1 heterocycles. The van der Waals surface area contributed by atoms with Crippen molar-refractivity contribution >= 4 is 11.8 Å². The van der Waals surface area contributed by atoms with Gasteiger partial charge >= 0.3 is 5.97 Å². The molecular formula is C11H16N2O3. The van der Waals surface area contributed by atoms with Gasteiger partial charge in [0.05, 0.1) is 12.2 Å². The molecule has 0 aliphatic heterocycles. The van der Waals surface area contributed by atoms with E-state index in [1.807, 2.05) is 6.92 Å². The molecule has 5 nitrogen and oxygen atoms in total. The van der Waals surface area contributed by atoms with E-state index in [-0.39, 0.29) is 6.10 Å². The van der Waals surface area contributed by atoms with Crippen molar-refractivity contribution in [1.29, 1.82) is 0 Å². The van der Waals surface area contributed by atoms with Crippen molar-refractivity contribution in [2.75, 3.05) is 18.9 Å². The van der Waals surface area contributed by atoms with E-state index in [0.29, 0.717) is 24.6 Å². The molecule has 0 saturated heterocycles. The zero-order valence-corrected chi connectivity index (χ0v) is 9.47. The Kier molecular flexibility index (Phi) is 4.72. The molecule has 1 rings (SSSR count). The molecule has 0 amide bonds. The van der Waals surface area contributed by atoms with Crippen LogP contribution in [0.25, 0.3) is 0 Å². The van der Waals surface area contributed by atoms with Crippen LogP contribution >= 0.6 is 0 Å². The smallest absolute Gasteiger partial charge is 0.338 e. The normalized spacial score (nSPS) is 12.1. The molecule has 5 heteroatoms. The van der Waals surface area contributed by atoms with Crippen LogP contribution in [0.1, 0.15) is 24.2 Å². The van der Waals surface area contributed by atoms with Gasteiger partial charge in [-0.2, -0.15) is 0 Å². The van der Waals surface area contributed by atoms with Gasteiger partial charge in [0.2, 0.25) is 0 Å². The van der Waals surface area contributed by atoms with Crippen LogP contribution in [0.5, 0.6) is 0 Å². The highest BCUT2D eigenvalue weighted by molar-refractivity contribution is 5.90. The minimum atomic E-state index is -0.415. The second-order valence-corrected chi connectivity index (χ2v) is 3.34. The average Bonchev–Trinajstić information content (AvgIpc) is 2.26. The highest BCUT2D eigenvalue weighted by Gasteiger charge is 2.12. The number of nitrogens with zero attached hydrogens (tertiary/aromatic N) is 1. The molecular weight excluding hydrogens is 208 g/mol. The highest BCUT2D eigenvalue weighted by atomic mass is 16.6. The summed E-state index contributed by atoms with van der Waals surface area (Å²) in [7, 11) is 0. The Hall–Kier alpha value is -1.62. The predicted molar refractivity (Wildman–Crippen MR) is 60.0 cm³/mol. The number of nitrogens with two attached hydrogens (primary N) is 1. The van der Waals surface area contributed by atoms with E-state index in [9.17, 15) is 4.79 Å². The molecule has 0 aromatic carbocycles. The first-order valence-electron chi connectivity index (χ1n) is 5.13. The van der Waals surface area contributed by atoms with E-state index in [1.54, 1.807) is 13.0 Å². The number of aromatic nitrogens is 1. The minimum absolute atomic E-state index is 0.276. The van der Waals surface area contributed by atoms with Crippen molar-refractivity contribution in [2.45, 2.75) is 20.0 Å². The van der Waals surface area contributed by atoms with Crippen LogP contribution < -0.4 is 5.73 Å². The van der Waals surface area contributed by atoms with Crippen LogP contribution in [0, 0.1) is 0 Å². The Morgan fingerprint density at radius 1 is 1.62 bits per heavy atom. The lowest BCUT2D eigenvalue weighted by Crippen LogP contribution is -2.20. The third kappa shape index (κ3) is 3.86. The Morgan fingerprint density at radius 2 is 2.38 bits per heavy atom. The van der Waals surface area contributed by atoms with E-state index in [0.717, 1.165) is 0 Å². The third-order valence-corrected chi connectivity index (χ3v) is 1.88. The Morgan fingerprint density at radius 3 is 3.00 bits per heavy atom. The summed E-state index contributed by atoms with van der Waals surface area (Å²) >= 11 is 0. The van der Waals surface area contributed by atoms with Gasteiger partial charge in [-0.3, -0.25) is 0 Å². The number of ether oxygens (including phenoxy) is 2. The van der Waals surface area contributed by atoms with Crippen molar-refractivity contribution in [1.82, 2.24) is 4.98 Å². The fourth-order valence-electron chi connectivity index (χ4n) is 1.14. The monoisotopic (exact) mass is 224 g/mol. The van der Waals surface area contributed by atoms with Gasteiger partial charge in [-0.1, -0.05) is 0 Å². The largest absolute Gasteiger partial charge is 0.457 e. The number of esters is 1. The molecule has 0 fully saturated rings. The van der Waals surface area contributed by atoms with Gasteiger partial charge in [-0.25, -0.2) is 9.78 Å². The zero-order chi connectivity index (χ0) is 12.0. The van der Waals surface area contributed by atoms with E-state index in [4.69, 9.17) is 15.2 Å². The van der Waals surface area contributed by atoms with Crippen molar-refractivity contribution in [2.24, 2.45) is 0 Å². The van der Waals surface area contributed by atoms with Gasteiger partial charge in [0.25, 0.3) is 0 Å². The van der Waals surface area contributed by atoms with Crippen LogP contribution in [0.2, 0.25) is 0 Å². The van der Waals surface area contributed by atoms with Gasteiger partial charge < -0.3 is 15.2 Å². The first kappa shape index (κ1) is 12.4. The first-order valence-corrected chi connectivity index (χ1v) is 5.13. The predicted octanol–water partition coefficient (Wildman–Crippen LogP) is 1.25. The Bertz CT molecular complexity index is 355. The summed E-state index contributed by atoms with van der Waals surface area (Å²) < 4.78 is 10.3. The summed E-state index contributed by atoms with van der Waals surface area (Å²) in [6.07, 6.45) is 1.20. The van der Waals surface area contributed by atoms with Crippen LogP contribution in [0.15, 0.2) is 18.3 Å². The number of carbonyl (C=O) groups is 1. The molecule has 0 bridgehead atoms. The third-order valence-electron chi connectivity index (χ3n) is 1.88. The summed E-state index contributed by atoms with van der Waals surface area (Å²) in [5.41, 5.74) is 5.86. The molecule has 1 aromatic rings. The number of nitrogen functional groups attached to an aromatic ring is 1. The number of rotatable bonds is 5. The van der Waals surface area contributed by atoms with Crippen LogP contribution in [-0.4, -0.2) is 30.3 Å². The zero-order valence-electron chi connectivity index (χ0n) is 9.47. The molecule has 0 spiro atoms. The number of anilines is 1. The summed E-state index contributed by atoms with van der Waals surface area (Å²) in [4.78, 5) is 15.4. The summed E-state index contributed by atoms with van der Waals surface area (Å²) in [5, 5.41) is 0. The van der Waals surface area contributed by atoms with Crippen LogP contribution in [0.4, 0.5) is 5.82 Å². The molecule has 16 heavy (non-hydrogen) atoms. The number of pyridine rings is 1. The number of hydrogen-bond donors (Lipinski definition) is 1. The number of hydrogen-bond acceptors (Lipinski definition) is 5. The molecule has 2 N–H and O–H groups in total. The number of carbonyl (C=O) groups excluding carboxylic acids is 1. The maximum absolute atomic E-state index is 11.6. The molecule has 88 valence electrons. The maximum Gasteiger partial charge on any atom is 0.338 e. The molecule has 1 aromatic heterocycles. The molecule has 1 unspecified atom stereocenters. The summed E-state index contributed by atoms with van der Waals surface area (Å²) in [5.74, 6) is -0.117. The Labute approximate surface area is 94.6 Å². The second-order valence-electron chi connectivity index (χ2n) is 3.34. The molecule has 0 aliphatic carbocycles. The lowest BCUT2D eigenvalue weighted by molar-refractivity contribution is 0.00439. The van der Waals surface area contributed by atoms with Crippen LogP contribution in [-0.2, 0) is 9.47 Å². The topological polar surface area (TPSA) is 74.4 Å². The minimum Gasteiger partial charge on any atom is -0.457 e. The Balaban J connectivity index is 2.52. The summed E-state index contributed by atoms with van der Waals surface area (Å²) in [6, 6.07) is 3.04. The van der Waals surface area contributed by atoms with Crippen molar-refractivity contribution in [3.63, 3.8) is 0 Å². The van der Waals surface area contributed by atoms with Crippen molar-refractivity contribution in [3.05, 3.63) is 23.9 Å². The van der Waals surface area contributed by atoms with E-state index >= 15 is 0 Å². The molecule has 0 radical (unpaired) electrons. The average molecular weight is 224 g/mol. The quantitative estimate of drug-likeness (QED) is 0.762. The van der Waals surface area contributed by atoms with Gasteiger partial charge in [0.1, 0.15) is 11.9 Å². The first-order chi connectivity index (χ1) is 7.63. The van der Waals surface area contributed by atoms with Gasteiger partial charge in [0, 0.05) is 12.8 Å². The van der Waals surface area contributed by atoms with Crippen molar-refractivity contribution < 1.29 is 14.3 Å².